The van der Waals surface area contributed by atoms with Gasteiger partial charge in [0, 0.05) is 29.3 Å². The zero-order valence-electron chi connectivity index (χ0n) is 14.3. The zero-order valence-corrected chi connectivity index (χ0v) is 14.3. The predicted molar refractivity (Wildman–Crippen MR) is 88.7 cm³/mol. The van der Waals surface area contributed by atoms with Crippen LogP contribution in [0.4, 0.5) is 17.3 Å². The van der Waals surface area contributed by atoms with Crippen LogP contribution < -0.4 is 9.68 Å². The van der Waals surface area contributed by atoms with Crippen LogP contribution in [0, 0.1) is 0 Å². The molecule has 0 radical (unpaired) electrons. The van der Waals surface area contributed by atoms with Crippen LogP contribution in [-0.4, -0.2) is 54.3 Å². The molecule has 1 fully saturated rings. The van der Waals surface area contributed by atoms with Gasteiger partial charge in [0.05, 0.1) is 19.6 Å². The van der Waals surface area contributed by atoms with Gasteiger partial charge in [0.1, 0.15) is 0 Å². The first-order valence-electron chi connectivity index (χ1n) is 8.69. The maximum Gasteiger partial charge on any atom is 0.673 e. The number of nitrogens with zero attached hydrogens (tertiary/aromatic N) is 4. The number of aromatic amines is 1. The van der Waals surface area contributed by atoms with Crippen LogP contribution in [0.2, 0.25) is 0 Å². The molecule has 0 atom stereocenters. The smallest absolute Gasteiger partial charge is 0.418 e. The summed E-state index contributed by atoms with van der Waals surface area (Å²) in [7, 11) is -6.00. The van der Waals surface area contributed by atoms with E-state index in [0.29, 0.717) is 0 Å². The summed E-state index contributed by atoms with van der Waals surface area (Å²) < 4.78 is 39.9. The highest BCUT2D eigenvalue weighted by atomic mass is 19.5. The highest BCUT2D eigenvalue weighted by Crippen LogP contribution is 2.23. The number of halogens is 4. The van der Waals surface area contributed by atoms with Gasteiger partial charge in [-0.15, -0.1) is 0 Å². The lowest BCUT2D eigenvalue weighted by molar-refractivity contribution is -0.933. The van der Waals surface area contributed by atoms with E-state index in [0.717, 1.165) is 54.1 Å². The van der Waals surface area contributed by atoms with Crippen molar-refractivity contribution in [2.75, 3.05) is 26.2 Å². The summed E-state index contributed by atoms with van der Waals surface area (Å²) in [6, 6.07) is 8.80. The van der Waals surface area contributed by atoms with E-state index in [1.807, 2.05) is 24.3 Å². The number of H-pyrrole nitrogens is 1. The molecule has 4 rings (SSSR count). The Morgan fingerprint density at radius 3 is 2.31 bits per heavy atom. The molecule has 1 spiro atoms. The summed E-state index contributed by atoms with van der Waals surface area (Å²) in [4.78, 5) is 12.5. The summed E-state index contributed by atoms with van der Waals surface area (Å²) >= 11 is 0. The molecular formula is C15H21BF4N5O+. The fourth-order valence-corrected chi connectivity index (χ4v) is 3.45. The van der Waals surface area contributed by atoms with E-state index in [4.69, 9.17) is 9.83 Å². The van der Waals surface area contributed by atoms with Crippen LogP contribution >= 0.6 is 0 Å². The van der Waals surface area contributed by atoms with Crippen molar-refractivity contribution >= 4 is 24.3 Å². The number of quaternary nitrogens is 1. The first kappa shape index (κ1) is 18.6. The standard InChI is InChI=1S/C15H20N5O.BF4/c1-2-8-14-13(7-1)17-18-19(14)21-15-16-9-3-4-10-20(15)11-5-6-12-20;2-1(3,4)5/h1-2,7-8H,3-6,9-12H2;/q+1;-1/p+1. The lowest BCUT2D eigenvalue weighted by Crippen LogP contribution is -2.61. The van der Waals surface area contributed by atoms with Gasteiger partial charge in [0.15, 0.2) is 0 Å². The molecule has 142 valence electrons. The predicted octanol–water partition coefficient (Wildman–Crippen LogP) is 2.34. The van der Waals surface area contributed by atoms with E-state index >= 15 is 0 Å². The molecule has 0 saturated carbocycles. The molecule has 0 unspecified atom stereocenters. The third-order valence-electron chi connectivity index (χ3n) is 4.60. The van der Waals surface area contributed by atoms with Gasteiger partial charge in [-0.05, 0) is 30.2 Å². The van der Waals surface area contributed by atoms with Crippen molar-refractivity contribution in [1.82, 2.24) is 10.3 Å². The number of hydrogen-bond donors (Lipinski definition) is 1. The number of fused-ring (bicyclic) bond motifs is 1. The van der Waals surface area contributed by atoms with Crippen LogP contribution in [0.5, 0.6) is 0 Å². The molecule has 26 heavy (non-hydrogen) atoms. The number of amidine groups is 1. The molecule has 1 aromatic heterocycles. The highest BCUT2D eigenvalue weighted by Gasteiger charge is 2.42. The number of hydrogen-bond acceptors (Lipinski definition) is 3. The molecule has 0 amide bonds. The van der Waals surface area contributed by atoms with E-state index in [2.05, 4.69) is 10.3 Å². The molecule has 1 aromatic carbocycles. The molecule has 2 aromatic rings. The largest absolute Gasteiger partial charge is 0.673 e. The van der Waals surface area contributed by atoms with Gasteiger partial charge in [-0.25, -0.2) is 4.48 Å². The maximum atomic E-state index is 9.75. The van der Waals surface area contributed by atoms with Crippen molar-refractivity contribution in [1.29, 1.82) is 0 Å². The molecule has 1 N–H and O–H groups in total. The number of para-hydroxylation sites is 2. The Kier molecular flexibility index (Phi) is 5.45. The summed E-state index contributed by atoms with van der Waals surface area (Å²) in [5.41, 5.74) is 1.85. The molecule has 2 aliphatic heterocycles. The van der Waals surface area contributed by atoms with Crippen molar-refractivity contribution in [2.24, 2.45) is 4.99 Å². The lowest BCUT2D eigenvalue weighted by Gasteiger charge is -2.29. The minimum atomic E-state index is -6.00. The summed E-state index contributed by atoms with van der Waals surface area (Å²) in [6.45, 7) is 4.30. The average molecular weight is 374 g/mol. The Balaban J connectivity index is 0.000000349. The van der Waals surface area contributed by atoms with Crippen LogP contribution in [0.1, 0.15) is 25.7 Å². The molecule has 6 nitrogen and oxygen atoms in total. The second-order valence-electron chi connectivity index (χ2n) is 6.48. The fraction of sp³-hybridized carbons (Fsp3) is 0.533. The molecule has 0 bridgehead atoms. The molecular weight excluding hydrogens is 353 g/mol. The van der Waals surface area contributed by atoms with Crippen molar-refractivity contribution in [2.45, 2.75) is 25.7 Å². The lowest BCUT2D eigenvalue weighted by atomic mass is 10.3. The number of nitrogens with one attached hydrogen (secondary N) is 1. The van der Waals surface area contributed by atoms with Crippen LogP contribution in [0.3, 0.4) is 0 Å². The Morgan fingerprint density at radius 2 is 1.62 bits per heavy atom. The van der Waals surface area contributed by atoms with Gasteiger partial charge in [-0.1, -0.05) is 12.1 Å². The van der Waals surface area contributed by atoms with Gasteiger partial charge in [-0.3, -0.25) is 0 Å². The van der Waals surface area contributed by atoms with Gasteiger partial charge in [-0.2, -0.15) is 9.83 Å². The summed E-state index contributed by atoms with van der Waals surface area (Å²) in [6.07, 6.45) is 4.90. The minimum Gasteiger partial charge on any atom is -0.418 e. The second-order valence-corrected chi connectivity index (χ2v) is 6.48. The molecule has 3 heterocycles. The Hall–Kier alpha value is -2.17. The van der Waals surface area contributed by atoms with E-state index in [-0.39, 0.29) is 0 Å². The second kappa shape index (κ2) is 7.61. The minimum absolute atomic E-state index is 0.851. The molecule has 1 saturated heterocycles. The summed E-state index contributed by atoms with van der Waals surface area (Å²) in [5.74, 6) is 0. The quantitative estimate of drug-likeness (QED) is 0.361. The van der Waals surface area contributed by atoms with Gasteiger partial charge in [0.25, 0.3) is 5.52 Å². The first-order chi connectivity index (χ1) is 12.4. The zero-order chi connectivity index (χ0) is 18.6. The Labute approximate surface area is 148 Å². The third kappa shape index (κ3) is 4.51. The Morgan fingerprint density at radius 1 is 1.00 bits per heavy atom. The third-order valence-corrected chi connectivity index (χ3v) is 4.60. The van der Waals surface area contributed by atoms with Crippen molar-refractivity contribution in [3.63, 3.8) is 0 Å². The molecule has 11 heteroatoms. The van der Waals surface area contributed by atoms with Crippen molar-refractivity contribution in [3.8, 4) is 0 Å². The van der Waals surface area contributed by atoms with Gasteiger partial charge in [0.2, 0.25) is 5.52 Å². The van der Waals surface area contributed by atoms with Crippen LogP contribution in [0.25, 0.3) is 11.0 Å². The molecule has 0 aliphatic carbocycles. The normalized spacial score (nSPS) is 19.6. The topological polar surface area (TPSA) is 54.2 Å². The van der Waals surface area contributed by atoms with Crippen molar-refractivity contribution < 1.29 is 31.4 Å². The first-order valence-corrected chi connectivity index (χ1v) is 8.69. The SMILES string of the molecule is F[B-](F)(F)F.c1ccc2c(c1)n[nH][n+]2OC1=NCCCC[N+]12CCCC2. The number of aliphatic imine (C=N–C) groups is 1. The fourth-order valence-electron chi connectivity index (χ4n) is 3.45. The van der Waals surface area contributed by atoms with E-state index < -0.39 is 7.25 Å². The Bertz CT molecular complexity index is 767. The van der Waals surface area contributed by atoms with E-state index in [1.54, 1.807) is 4.85 Å². The monoisotopic (exact) mass is 374 g/mol. The number of aromatic nitrogens is 3. The van der Waals surface area contributed by atoms with E-state index in [1.165, 1.54) is 19.3 Å². The average Bonchev–Trinajstić information content (AvgIpc) is 3.14. The van der Waals surface area contributed by atoms with Crippen molar-refractivity contribution in [3.05, 3.63) is 24.3 Å². The molecule has 2 aliphatic rings. The number of benzene rings is 1. The van der Waals surface area contributed by atoms with E-state index in [9.17, 15) is 17.3 Å². The highest BCUT2D eigenvalue weighted by molar-refractivity contribution is 6.50. The van der Waals surface area contributed by atoms with Crippen LogP contribution in [0.15, 0.2) is 29.3 Å². The number of rotatable bonds is 1. The van der Waals surface area contributed by atoms with Gasteiger partial charge < -0.3 is 17.3 Å². The van der Waals surface area contributed by atoms with Crippen LogP contribution in [-0.2, 0) is 0 Å². The summed E-state index contributed by atoms with van der Waals surface area (Å²) in [5, 5.41) is 7.22. The van der Waals surface area contributed by atoms with Gasteiger partial charge >= 0.3 is 13.3 Å². The maximum absolute atomic E-state index is 9.75.